The van der Waals surface area contributed by atoms with Gasteiger partial charge >= 0.3 is 0 Å². The number of nitrogens with zero attached hydrogens (tertiary/aromatic N) is 1. The van der Waals surface area contributed by atoms with Gasteiger partial charge in [0.2, 0.25) is 10.0 Å². The van der Waals surface area contributed by atoms with Crippen molar-refractivity contribution in [3.8, 4) is 5.75 Å². The van der Waals surface area contributed by atoms with Gasteiger partial charge in [-0.15, -0.1) is 0 Å². The Labute approximate surface area is 117 Å². The molecule has 1 aromatic heterocycles. The molecule has 0 aliphatic carbocycles. The summed E-state index contributed by atoms with van der Waals surface area (Å²) in [6.07, 6.45) is 4.64. The van der Waals surface area contributed by atoms with Gasteiger partial charge in [0.05, 0.1) is 11.5 Å². The van der Waals surface area contributed by atoms with Crippen LogP contribution in [0.3, 0.4) is 0 Å². The van der Waals surface area contributed by atoms with E-state index in [2.05, 4.69) is 14.7 Å². The lowest BCUT2D eigenvalue weighted by Gasteiger charge is -2.07. The van der Waals surface area contributed by atoms with Crippen LogP contribution in [0.4, 0.5) is 0 Å². The maximum Gasteiger partial charge on any atom is 0.240 e. The lowest BCUT2D eigenvalue weighted by molar-refractivity contribution is 0.356. The van der Waals surface area contributed by atoms with Crippen molar-refractivity contribution in [2.45, 2.75) is 17.7 Å². The topological polar surface area (TPSA) is 84.1 Å². The Hall–Kier alpha value is -1.86. The SMILES string of the molecule is O=S(=O)(NCCc1ncc[nH]1)c1ccc2c(c1)CCO2. The first-order valence-corrected chi connectivity index (χ1v) is 7.87. The van der Waals surface area contributed by atoms with E-state index < -0.39 is 10.0 Å². The molecular weight excluding hydrogens is 278 g/mol. The number of benzene rings is 1. The second-order valence-electron chi connectivity index (χ2n) is 4.55. The van der Waals surface area contributed by atoms with Gasteiger partial charge in [-0.05, 0) is 23.8 Å². The standard InChI is InChI=1S/C13H15N3O3S/c17-20(18,16-5-3-13-14-6-7-15-13)11-1-2-12-10(9-11)4-8-19-12/h1-2,6-7,9,16H,3-5,8H2,(H,14,15). The number of imidazole rings is 1. The lowest BCUT2D eigenvalue weighted by Crippen LogP contribution is -2.26. The third-order valence-corrected chi connectivity index (χ3v) is 4.64. The molecule has 1 aliphatic rings. The molecule has 0 amide bonds. The van der Waals surface area contributed by atoms with E-state index in [1.54, 1.807) is 30.6 Å². The van der Waals surface area contributed by atoms with Crippen LogP contribution in [0.1, 0.15) is 11.4 Å². The highest BCUT2D eigenvalue weighted by atomic mass is 32.2. The van der Waals surface area contributed by atoms with Gasteiger partial charge in [0.25, 0.3) is 0 Å². The Morgan fingerprint density at radius 3 is 3.10 bits per heavy atom. The minimum atomic E-state index is -3.48. The molecule has 3 rings (SSSR count). The van der Waals surface area contributed by atoms with Crippen molar-refractivity contribution in [1.82, 2.24) is 14.7 Å². The average molecular weight is 293 g/mol. The number of aromatic amines is 1. The van der Waals surface area contributed by atoms with Crippen LogP contribution >= 0.6 is 0 Å². The van der Waals surface area contributed by atoms with Crippen LogP contribution in [0.15, 0.2) is 35.5 Å². The maximum absolute atomic E-state index is 12.2. The highest BCUT2D eigenvalue weighted by molar-refractivity contribution is 7.89. The van der Waals surface area contributed by atoms with Crippen molar-refractivity contribution in [2.75, 3.05) is 13.2 Å². The van der Waals surface area contributed by atoms with Crippen molar-refractivity contribution in [1.29, 1.82) is 0 Å². The number of aromatic nitrogens is 2. The van der Waals surface area contributed by atoms with Crippen LogP contribution in [0.5, 0.6) is 5.75 Å². The number of ether oxygens (including phenoxy) is 1. The first-order chi connectivity index (χ1) is 9.65. The van der Waals surface area contributed by atoms with E-state index in [9.17, 15) is 8.42 Å². The molecular formula is C13H15N3O3S. The zero-order valence-corrected chi connectivity index (χ0v) is 11.6. The minimum absolute atomic E-state index is 0.279. The molecule has 0 saturated carbocycles. The summed E-state index contributed by atoms with van der Waals surface area (Å²) in [7, 11) is -3.48. The molecule has 2 aromatic rings. The number of hydrogen-bond donors (Lipinski definition) is 2. The van der Waals surface area contributed by atoms with Gasteiger partial charge in [0.1, 0.15) is 11.6 Å². The smallest absolute Gasteiger partial charge is 0.240 e. The van der Waals surface area contributed by atoms with Crippen LogP contribution < -0.4 is 9.46 Å². The number of nitrogens with one attached hydrogen (secondary N) is 2. The minimum Gasteiger partial charge on any atom is -0.493 e. The third kappa shape index (κ3) is 2.68. The summed E-state index contributed by atoms with van der Waals surface area (Å²) in [5.74, 6) is 1.54. The van der Waals surface area contributed by atoms with Crippen LogP contribution in [-0.2, 0) is 22.9 Å². The Bertz CT molecular complexity index is 696. The van der Waals surface area contributed by atoms with E-state index in [1.165, 1.54) is 0 Å². The van der Waals surface area contributed by atoms with E-state index in [-0.39, 0.29) is 4.90 Å². The molecule has 0 radical (unpaired) electrons. The van der Waals surface area contributed by atoms with Crippen LogP contribution in [0.25, 0.3) is 0 Å². The predicted molar refractivity (Wildman–Crippen MR) is 73.1 cm³/mol. The Kier molecular flexibility index (Phi) is 3.45. The summed E-state index contributed by atoms with van der Waals surface area (Å²) in [5, 5.41) is 0. The third-order valence-electron chi connectivity index (χ3n) is 3.18. The molecule has 0 saturated heterocycles. The molecule has 20 heavy (non-hydrogen) atoms. The van der Waals surface area contributed by atoms with Gasteiger partial charge in [-0.2, -0.15) is 0 Å². The van der Waals surface area contributed by atoms with Crippen LogP contribution in [-0.4, -0.2) is 31.5 Å². The van der Waals surface area contributed by atoms with Crippen molar-refractivity contribution in [3.05, 3.63) is 42.0 Å². The average Bonchev–Trinajstić information content (AvgIpc) is 3.08. The fourth-order valence-electron chi connectivity index (χ4n) is 2.15. The molecule has 0 spiro atoms. The Morgan fingerprint density at radius 1 is 1.40 bits per heavy atom. The molecule has 2 N–H and O–H groups in total. The summed E-state index contributed by atoms with van der Waals surface area (Å²) < 4.78 is 32.3. The van der Waals surface area contributed by atoms with Crippen molar-refractivity contribution in [2.24, 2.45) is 0 Å². The molecule has 7 heteroatoms. The molecule has 106 valence electrons. The first-order valence-electron chi connectivity index (χ1n) is 6.39. The summed E-state index contributed by atoms with van der Waals surface area (Å²) in [4.78, 5) is 7.26. The van der Waals surface area contributed by atoms with Gasteiger partial charge in [0, 0.05) is 31.8 Å². The van der Waals surface area contributed by atoms with Crippen LogP contribution in [0.2, 0.25) is 0 Å². The molecule has 0 atom stereocenters. The molecule has 1 aliphatic heterocycles. The van der Waals surface area contributed by atoms with Crippen LogP contribution in [0, 0.1) is 0 Å². The van der Waals surface area contributed by atoms with E-state index in [0.717, 1.165) is 23.6 Å². The van der Waals surface area contributed by atoms with E-state index in [0.29, 0.717) is 19.6 Å². The van der Waals surface area contributed by atoms with Gasteiger partial charge in [-0.3, -0.25) is 0 Å². The predicted octanol–water partition coefficient (Wildman–Crippen LogP) is 0.866. The molecule has 2 heterocycles. The zero-order chi connectivity index (χ0) is 14.0. The summed E-state index contributed by atoms with van der Waals surface area (Å²) in [5.41, 5.74) is 0.943. The van der Waals surface area contributed by atoms with E-state index in [1.807, 2.05) is 0 Å². The second-order valence-corrected chi connectivity index (χ2v) is 6.32. The van der Waals surface area contributed by atoms with E-state index in [4.69, 9.17) is 4.74 Å². The van der Waals surface area contributed by atoms with Crippen molar-refractivity contribution < 1.29 is 13.2 Å². The first kappa shape index (κ1) is 13.1. The molecule has 0 unspecified atom stereocenters. The molecule has 1 aromatic carbocycles. The van der Waals surface area contributed by atoms with Gasteiger partial charge in [-0.25, -0.2) is 18.1 Å². The quantitative estimate of drug-likeness (QED) is 0.856. The zero-order valence-electron chi connectivity index (χ0n) is 10.8. The summed E-state index contributed by atoms with van der Waals surface area (Å²) in [6.45, 7) is 0.925. The fourth-order valence-corrected chi connectivity index (χ4v) is 3.23. The number of sulfonamides is 1. The Morgan fingerprint density at radius 2 is 2.30 bits per heavy atom. The highest BCUT2D eigenvalue weighted by Crippen LogP contribution is 2.27. The molecule has 0 fully saturated rings. The van der Waals surface area contributed by atoms with Crippen molar-refractivity contribution >= 4 is 10.0 Å². The number of rotatable bonds is 5. The maximum atomic E-state index is 12.2. The fraction of sp³-hybridized carbons (Fsp3) is 0.308. The number of fused-ring (bicyclic) bond motifs is 1. The summed E-state index contributed by atoms with van der Waals surface area (Å²) in [6, 6.07) is 4.96. The monoisotopic (exact) mass is 293 g/mol. The second kappa shape index (κ2) is 5.26. The largest absolute Gasteiger partial charge is 0.493 e. The number of hydrogen-bond acceptors (Lipinski definition) is 4. The normalized spacial score (nSPS) is 14.0. The van der Waals surface area contributed by atoms with Gasteiger partial charge < -0.3 is 9.72 Å². The highest BCUT2D eigenvalue weighted by Gasteiger charge is 2.18. The van der Waals surface area contributed by atoms with E-state index >= 15 is 0 Å². The molecule has 6 nitrogen and oxygen atoms in total. The summed E-state index contributed by atoms with van der Waals surface area (Å²) >= 11 is 0. The van der Waals surface area contributed by atoms with Gasteiger partial charge in [0.15, 0.2) is 0 Å². The number of H-pyrrole nitrogens is 1. The molecule has 0 bridgehead atoms. The van der Waals surface area contributed by atoms with Gasteiger partial charge in [-0.1, -0.05) is 0 Å². The lowest BCUT2D eigenvalue weighted by atomic mass is 10.2. The Balaban J connectivity index is 1.68. The van der Waals surface area contributed by atoms with Crippen molar-refractivity contribution in [3.63, 3.8) is 0 Å².